The first kappa shape index (κ1) is 19.4. The first-order valence-corrected chi connectivity index (χ1v) is 9.41. The molecule has 2 N–H and O–H groups in total. The summed E-state index contributed by atoms with van der Waals surface area (Å²) in [6.07, 6.45) is 1.63. The van der Waals surface area contributed by atoms with Crippen molar-refractivity contribution in [1.29, 1.82) is 0 Å². The number of carbonyl (C=O) groups excluding carboxylic acids is 1. The van der Waals surface area contributed by atoms with Crippen molar-refractivity contribution in [2.75, 3.05) is 18.0 Å². The van der Waals surface area contributed by atoms with E-state index in [0.29, 0.717) is 5.69 Å². The number of amides is 1. The van der Waals surface area contributed by atoms with Crippen molar-refractivity contribution in [3.63, 3.8) is 0 Å². The van der Waals surface area contributed by atoms with E-state index in [2.05, 4.69) is 51.6 Å². The number of hydrogen-bond donors (Lipinski definition) is 2. The molecule has 3 rings (SSSR count). The van der Waals surface area contributed by atoms with Crippen LogP contribution < -0.4 is 10.3 Å². The van der Waals surface area contributed by atoms with Gasteiger partial charge in [-0.25, -0.2) is 5.43 Å². The molecule has 6 heteroatoms. The lowest BCUT2D eigenvalue weighted by Crippen LogP contribution is -2.21. The average molecular weight is 375 g/mol. The predicted molar refractivity (Wildman–Crippen MR) is 114 cm³/mol. The fourth-order valence-corrected chi connectivity index (χ4v) is 2.90. The Labute approximate surface area is 165 Å². The largest absolute Gasteiger partial charge is 0.372 e. The Bertz CT molecular complexity index is 938. The van der Waals surface area contributed by atoms with Crippen LogP contribution in [0.1, 0.15) is 35.5 Å². The normalized spacial score (nSPS) is 11.0. The van der Waals surface area contributed by atoms with E-state index in [1.54, 1.807) is 12.3 Å². The number of anilines is 1. The molecule has 1 amide bonds. The highest BCUT2D eigenvalue weighted by molar-refractivity contribution is 5.94. The van der Waals surface area contributed by atoms with E-state index >= 15 is 0 Å². The van der Waals surface area contributed by atoms with Crippen molar-refractivity contribution in [3.8, 4) is 11.3 Å². The minimum atomic E-state index is -0.332. The lowest BCUT2D eigenvalue weighted by atomic mass is 10.1. The molecule has 0 atom stereocenters. The van der Waals surface area contributed by atoms with Gasteiger partial charge in [0.25, 0.3) is 5.91 Å². The van der Waals surface area contributed by atoms with Gasteiger partial charge >= 0.3 is 0 Å². The zero-order valence-electron chi connectivity index (χ0n) is 16.4. The lowest BCUT2D eigenvalue weighted by Gasteiger charge is -2.20. The molecule has 0 aliphatic rings. The maximum Gasteiger partial charge on any atom is 0.289 e. The van der Waals surface area contributed by atoms with Crippen LogP contribution >= 0.6 is 0 Å². The minimum Gasteiger partial charge on any atom is -0.372 e. The van der Waals surface area contributed by atoms with Crippen molar-refractivity contribution in [3.05, 3.63) is 71.4 Å². The number of hydrazone groups is 1. The molecule has 6 nitrogen and oxygen atoms in total. The molecular formula is C22H25N5O. The molecule has 3 aromatic rings. The second-order valence-corrected chi connectivity index (χ2v) is 6.50. The summed E-state index contributed by atoms with van der Waals surface area (Å²) in [7, 11) is 0. The topological polar surface area (TPSA) is 73.4 Å². The number of carbonyl (C=O) groups is 1. The maximum atomic E-state index is 12.3. The lowest BCUT2D eigenvalue weighted by molar-refractivity contribution is 0.0950. The molecule has 0 aliphatic heterocycles. The van der Waals surface area contributed by atoms with Crippen LogP contribution in [0.3, 0.4) is 0 Å². The van der Waals surface area contributed by atoms with Crippen LogP contribution in [0.4, 0.5) is 5.69 Å². The monoisotopic (exact) mass is 375 g/mol. The Kier molecular flexibility index (Phi) is 6.22. The molecule has 0 fully saturated rings. The van der Waals surface area contributed by atoms with Gasteiger partial charge < -0.3 is 4.90 Å². The van der Waals surface area contributed by atoms with E-state index in [9.17, 15) is 4.79 Å². The summed E-state index contributed by atoms with van der Waals surface area (Å²) in [6, 6.07) is 17.8. The third-order valence-corrected chi connectivity index (χ3v) is 4.57. The van der Waals surface area contributed by atoms with E-state index < -0.39 is 0 Å². The van der Waals surface area contributed by atoms with Crippen molar-refractivity contribution < 1.29 is 4.79 Å². The SMILES string of the molecule is CCN(CC)c1ccc(/C=N/NC(=O)c2cc(-c3ccc(C)cc3)n[nH]2)cc1. The summed E-state index contributed by atoms with van der Waals surface area (Å²) in [5.41, 5.74) is 7.84. The minimum absolute atomic E-state index is 0.332. The molecule has 28 heavy (non-hydrogen) atoms. The number of benzene rings is 2. The van der Waals surface area contributed by atoms with Gasteiger partial charge in [-0.1, -0.05) is 42.0 Å². The van der Waals surface area contributed by atoms with Crippen LogP contribution in [0.15, 0.2) is 59.7 Å². The third-order valence-electron chi connectivity index (χ3n) is 4.57. The van der Waals surface area contributed by atoms with Crippen LogP contribution in [0, 0.1) is 6.92 Å². The van der Waals surface area contributed by atoms with Gasteiger partial charge in [0, 0.05) is 24.3 Å². The molecule has 0 saturated carbocycles. The van der Waals surface area contributed by atoms with Crippen LogP contribution in [-0.2, 0) is 0 Å². The fourth-order valence-electron chi connectivity index (χ4n) is 2.90. The van der Waals surface area contributed by atoms with Gasteiger partial charge in [0.15, 0.2) is 0 Å². The average Bonchev–Trinajstić information content (AvgIpc) is 3.21. The molecule has 0 spiro atoms. The summed E-state index contributed by atoms with van der Waals surface area (Å²) in [6.45, 7) is 8.23. The number of aryl methyl sites for hydroxylation is 1. The van der Waals surface area contributed by atoms with Gasteiger partial charge in [0.2, 0.25) is 0 Å². The van der Waals surface area contributed by atoms with E-state index in [1.807, 2.05) is 43.3 Å². The number of H-pyrrole nitrogens is 1. The summed E-state index contributed by atoms with van der Waals surface area (Å²) in [4.78, 5) is 14.5. The zero-order valence-corrected chi connectivity index (χ0v) is 16.4. The Morgan fingerprint density at radius 2 is 1.79 bits per heavy atom. The molecule has 0 saturated heterocycles. The van der Waals surface area contributed by atoms with Crippen LogP contribution in [0.25, 0.3) is 11.3 Å². The number of nitrogens with zero attached hydrogens (tertiary/aromatic N) is 3. The van der Waals surface area contributed by atoms with Crippen molar-refractivity contribution in [2.45, 2.75) is 20.8 Å². The van der Waals surface area contributed by atoms with Crippen molar-refractivity contribution >= 4 is 17.8 Å². The second kappa shape index (κ2) is 8.99. The predicted octanol–water partition coefficient (Wildman–Crippen LogP) is 4.00. The summed E-state index contributed by atoms with van der Waals surface area (Å²) in [5.74, 6) is -0.332. The van der Waals surface area contributed by atoms with Crippen LogP contribution in [-0.4, -0.2) is 35.4 Å². The third kappa shape index (κ3) is 4.65. The number of hydrogen-bond acceptors (Lipinski definition) is 4. The number of aromatic nitrogens is 2. The van der Waals surface area contributed by atoms with E-state index in [0.717, 1.165) is 29.9 Å². The maximum absolute atomic E-state index is 12.3. The highest BCUT2D eigenvalue weighted by Crippen LogP contribution is 2.18. The molecule has 1 aromatic heterocycles. The van der Waals surface area contributed by atoms with E-state index in [-0.39, 0.29) is 5.91 Å². The second-order valence-electron chi connectivity index (χ2n) is 6.50. The fraction of sp³-hybridized carbons (Fsp3) is 0.227. The quantitative estimate of drug-likeness (QED) is 0.484. The highest BCUT2D eigenvalue weighted by Gasteiger charge is 2.10. The Balaban J connectivity index is 1.60. The van der Waals surface area contributed by atoms with Crippen molar-refractivity contribution in [2.24, 2.45) is 5.10 Å². The molecule has 0 unspecified atom stereocenters. The number of aromatic amines is 1. The number of rotatable bonds is 7. The van der Waals surface area contributed by atoms with Gasteiger partial charge in [0.05, 0.1) is 11.9 Å². The smallest absolute Gasteiger partial charge is 0.289 e. The van der Waals surface area contributed by atoms with Gasteiger partial charge in [0.1, 0.15) is 5.69 Å². The van der Waals surface area contributed by atoms with Crippen molar-refractivity contribution in [1.82, 2.24) is 15.6 Å². The molecule has 1 heterocycles. The van der Waals surface area contributed by atoms with E-state index in [1.165, 1.54) is 11.3 Å². The Morgan fingerprint density at radius 1 is 1.11 bits per heavy atom. The standard InChI is InChI=1S/C22H25N5O/c1-4-27(5-2)19-12-8-17(9-13-19)15-23-26-22(28)21-14-20(24-25-21)18-10-6-16(3)7-11-18/h6-15H,4-5H2,1-3H3,(H,24,25)(H,26,28)/b23-15+. The van der Waals surface area contributed by atoms with Crippen LogP contribution in [0.5, 0.6) is 0 Å². The van der Waals surface area contributed by atoms with Gasteiger partial charge in [-0.2, -0.15) is 10.2 Å². The Hall–Kier alpha value is -3.41. The first-order valence-electron chi connectivity index (χ1n) is 9.41. The van der Waals surface area contributed by atoms with Gasteiger partial charge in [-0.3, -0.25) is 9.89 Å². The summed E-state index contributed by atoms with van der Waals surface area (Å²) >= 11 is 0. The molecule has 0 bridgehead atoms. The molecule has 2 aromatic carbocycles. The van der Waals surface area contributed by atoms with E-state index in [4.69, 9.17) is 0 Å². The van der Waals surface area contributed by atoms with Gasteiger partial charge in [-0.05, 0) is 44.5 Å². The summed E-state index contributed by atoms with van der Waals surface area (Å²) in [5, 5.41) is 11.0. The van der Waals surface area contributed by atoms with Crippen LogP contribution in [0.2, 0.25) is 0 Å². The Morgan fingerprint density at radius 3 is 2.43 bits per heavy atom. The molecule has 0 radical (unpaired) electrons. The molecule has 144 valence electrons. The van der Waals surface area contributed by atoms with Gasteiger partial charge in [-0.15, -0.1) is 0 Å². The number of nitrogens with one attached hydrogen (secondary N) is 2. The molecule has 0 aliphatic carbocycles. The zero-order chi connectivity index (χ0) is 19.9. The first-order chi connectivity index (χ1) is 13.6. The summed E-state index contributed by atoms with van der Waals surface area (Å²) < 4.78 is 0. The molecular weight excluding hydrogens is 350 g/mol. The highest BCUT2D eigenvalue weighted by atomic mass is 16.2.